The highest BCUT2D eigenvalue weighted by Crippen LogP contribution is 2.19. The van der Waals surface area contributed by atoms with Crippen LogP contribution < -0.4 is 14.8 Å². The first-order chi connectivity index (χ1) is 11.5. The van der Waals surface area contributed by atoms with E-state index in [0.717, 1.165) is 0 Å². The molecule has 2 N–H and O–H groups in total. The minimum atomic E-state index is -3.75. The average Bonchev–Trinajstić information content (AvgIpc) is 2.60. The Morgan fingerprint density at radius 2 is 1.75 bits per heavy atom. The lowest BCUT2D eigenvalue weighted by Gasteiger charge is -2.09. The zero-order valence-corrected chi connectivity index (χ0v) is 13.8. The second-order valence-electron chi connectivity index (χ2n) is 4.75. The number of carbonyl (C=O) groups excluding carboxylic acids is 1. The largest absolute Gasteiger partial charge is 0.497 e. The van der Waals surface area contributed by atoms with Crippen LogP contribution in [0.5, 0.6) is 5.75 Å². The van der Waals surface area contributed by atoms with Gasteiger partial charge in [0.05, 0.1) is 18.6 Å². The molecule has 0 unspecified atom stereocenters. The van der Waals surface area contributed by atoms with Gasteiger partial charge in [-0.1, -0.05) is 5.92 Å². The van der Waals surface area contributed by atoms with E-state index in [2.05, 4.69) is 16.0 Å². The molecule has 2 aromatic carbocycles. The number of benzene rings is 2. The van der Waals surface area contributed by atoms with E-state index >= 15 is 0 Å². The quantitative estimate of drug-likeness (QED) is 0.784. The molecule has 124 valence electrons. The van der Waals surface area contributed by atoms with Gasteiger partial charge in [-0.2, -0.15) is 0 Å². The van der Waals surface area contributed by atoms with Gasteiger partial charge in [0.15, 0.2) is 0 Å². The molecule has 0 bridgehead atoms. The van der Waals surface area contributed by atoms with Gasteiger partial charge in [-0.3, -0.25) is 9.52 Å². The van der Waals surface area contributed by atoms with Crippen molar-refractivity contribution in [3.63, 3.8) is 0 Å². The van der Waals surface area contributed by atoms with Crippen molar-refractivity contribution in [2.24, 2.45) is 0 Å². The van der Waals surface area contributed by atoms with Crippen LogP contribution in [0.3, 0.4) is 0 Å². The van der Waals surface area contributed by atoms with Gasteiger partial charge in [-0.15, -0.1) is 6.42 Å². The summed E-state index contributed by atoms with van der Waals surface area (Å²) in [6.45, 7) is 0.109. The molecule has 0 aromatic heterocycles. The minimum absolute atomic E-state index is 0.0480. The topological polar surface area (TPSA) is 84.5 Å². The van der Waals surface area contributed by atoms with E-state index in [9.17, 15) is 13.2 Å². The molecule has 0 saturated heterocycles. The third kappa shape index (κ3) is 4.27. The fourth-order valence-electron chi connectivity index (χ4n) is 1.89. The predicted molar refractivity (Wildman–Crippen MR) is 91.4 cm³/mol. The van der Waals surface area contributed by atoms with Gasteiger partial charge < -0.3 is 10.1 Å². The Bertz CT molecular complexity index is 851. The molecular formula is C17H16N2O4S. The molecule has 0 aliphatic rings. The maximum atomic E-state index is 12.3. The molecule has 0 saturated carbocycles. The number of methoxy groups -OCH3 is 1. The van der Waals surface area contributed by atoms with Crippen molar-refractivity contribution in [3.8, 4) is 18.1 Å². The van der Waals surface area contributed by atoms with E-state index in [0.29, 0.717) is 17.0 Å². The number of sulfonamides is 1. The second kappa shape index (κ2) is 7.53. The summed E-state index contributed by atoms with van der Waals surface area (Å²) in [5.74, 6) is 2.56. The Morgan fingerprint density at radius 1 is 1.12 bits per heavy atom. The lowest BCUT2D eigenvalue weighted by atomic mass is 10.2. The molecule has 6 nitrogen and oxygen atoms in total. The molecule has 0 atom stereocenters. The van der Waals surface area contributed by atoms with Gasteiger partial charge >= 0.3 is 0 Å². The number of terminal acetylenes is 1. The molecule has 0 spiro atoms. The lowest BCUT2D eigenvalue weighted by Crippen LogP contribution is -2.23. The van der Waals surface area contributed by atoms with Crippen molar-refractivity contribution in [3.05, 3.63) is 54.1 Å². The SMILES string of the molecule is C#CCNC(=O)c1ccc(S(=O)(=O)Nc2ccc(OC)cc2)cc1. The Balaban J connectivity index is 2.14. The highest BCUT2D eigenvalue weighted by atomic mass is 32.2. The summed E-state index contributed by atoms with van der Waals surface area (Å²) in [5.41, 5.74) is 0.736. The summed E-state index contributed by atoms with van der Waals surface area (Å²) >= 11 is 0. The Morgan fingerprint density at radius 3 is 2.29 bits per heavy atom. The normalized spacial score (nSPS) is 10.5. The number of carbonyl (C=O) groups is 1. The van der Waals surface area contributed by atoms with E-state index in [1.165, 1.54) is 31.4 Å². The predicted octanol–water partition coefficient (Wildman–Crippen LogP) is 1.86. The molecule has 0 radical (unpaired) electrons. The Hall–Kier alpha value is -2.98. The van der Waals surface area contributed by atoms with Crippen LogP contribution in [-0.4, -0.2) is 28.0 Å². The first-order valence-corrected chi connectivity index (χ1v) is 8.43. The maximum Gasteiger partial charge on any atom is 0.261 e. The maximum absolute atomic E-state index is 12.3. The standard InChI is InChI=1S/C17H16N2O4S/c1-3-12-18-17(20)13-4-10-16(11-5-13)24(21,22)19-14-6-8-15(23-2)9-7-14/h1,4-11,19H,12H2,2H3,(H,18,20). The number of nitrogens with one attached hydrogen (secondary N) is 2. The van der Waals surface area contributed by atoms with Crippen molar-refractivity contribution >= 4 is 21.6 Å². The molecule has 2 rings (SSSR count). The highest BCUT2D eigenvalue weighted by Gasteiger charge is 2.15. The Labute approximate surface area is 140 Å². The van der Waals surface area contributed by atoms with Gasteiger partial charge in [0, 0.05) is 11.3 Å². The second-order valence-corrected chi connectivity index (χ2v) is 6.43. The van der Waals surface area contributed by atoms with Gasteiger partial charge in [0.1, 0.15) is 5.75 Å². The van der Waals surface area contributed by atoms with Crippen molar-refractivity contribution in [1.29, 1.82) is 0 Å². The average molecular weight is 344 g/mol. The molecule has 0 heterocycles. The van der Waals surface area contributed by atoms with Crippen molar-refractivity contribution in [1.82, 2.24) is 5.32 Å². The zero-order chi connectivity index (χ0) is 17.6. The summed E-state index contributed by atoms with van der Waals surface area (Å²) in [4.78, 5) is 11.8. The van der Waals surface area contributed by atoms with Crippen molar-refractivity contribution in [2.45, 2.75) is 4.90 Å². The van der Waals surface area contributed by atoms with Crippen LogP contribution in [0.25, 0.3) is 0 Å². The summed E-state index contributed by atoms with van der Waals surface area (Å²) in [6, 6.07) is 12.1. The number of anilines is 1. The number of rotatable bonds is 6. The molecule has 24 heavy (non-hydrogen) atoms. The van der Waals surface area contributed by atoms with Crippen LogP contribution in [-0.2, 0) is 10.0 Å². The fourth-order valence-corrected chi connectivity index (χ4v) is 2.95. The molecule has 2 aromatic rings. The molecule has 7 heteroatoms. The van der Waals surface area contributed by atoms with E-state index < -0.39 is 10.0 Å². The zero-order valence-electron chi connectivity index (χ0n) is 12.9. The number of hydrogen-bond acceptors (Lipinski definition) is 4. The number of ether oxygens (including phenoxy) is 1. The smallest absolute Gasteiger partial charge is 0.261 e. The van der Waals surface area contributed by atoms with Gasteiger partial charge in [-0.25, -0.2) is 8.42 Å². The Kier molecular flexibility index (Phi) is 5.45. The summed E-state index contributed by atoms with van der Waals surface area (Å²) in [7, 11) is -2.22. The first-order valence-electron chi connectivity index (χ1n) is 6.95. The number of hydrogen-bond donors (Lipinski definition) is 2. The van der Waals surface area contributed by atoms with Crippen molar-refractivity contribution < 1.29 is 17.9 Å². The van der Waals surface area contributed by atoms with Crippen LogP contribution in [0, 0.1) is 12.3 Å². The van der Waals surface area contributed by atoms with Crippen LogP contribution in [0.2, 0.25) is 0 Å². The molecule has 0 aliphatic heterocycles. The fraction of sp³-hybridized carbons (Fsp3) is 0.118. The van der Waals surface area contributed by atoms with Gasteiger partial charge in [0.25, 0.3) is 15.9 Å². The summed E-state index contributed by atoms with van der Waals surface area (Å²) < 4.78 is 32.2. The molecule has 0 aliphatic carbocycles. The van der Waals surface area contributed by atoms with E-state index in [1.54, 1.807) is 24.3 Å². The van der Waals surface area contributed by atoms with Crippen LogP contribution >= 0.6 is 0 Å². The van der Waals surface area contributed by atoms with Crippen LogP contribution in [0.15, 0.2) is 53.4 Å². The third-order valence-electron chi connectivity index (χ3n) is 3.12. The van der Waals surface area contributed by atoms with Gasteiger partial charge in [-0.05, 0) is 48.5 Å². The third-order valence-corrected chi connectivity index (χ3v) is 4.52. The summed E-state index contributed by atoms with van der Waals surface area (Å²) in [6.07, 6.45) is 5.07. The number of amides is 1. The van der Waals surface area contributed by atoms with Crippen LogP contribution in [0.1, 0.15) is 10.4 Å². The minimum Gasteiger partial charge on any atom is -0.497 e. The molecule has 1 amide bonds. The highest BCUT2D eigenvalue weighted by molar-refractivity contribution is 7.92. The van der Waals surface area contributed by atoms with E-state index in [-0.39, 0.29) is 17.3 Å². The first kappa shape index (κ1) is 17.4. The van der Waals surface area contributed by atoms with Crippen LogP contribution in [0.4, 0.5) is 5.69 Å². The van der Waals surface area contributed by atoms with Crippen molar-refractivity contribution in [2.75, 3.05) is 18.4 Å². The summed E-state index contributed by atoms with van der Waals surface area (Å²) in [5, 5.41) is 2.51. The lowest BCUT2D eigenvalue weighted by molar-refractivity contribution is 0.0958. The van der Waals surface area contributed by atoms with Gasteiger partial charge in [0.2, 0.25) is 0 Å². The van der Waals surface area contributed by atoms with E-state index in [4.69, 9.17) is 11.2 Å². The molecule has 0 fully saturated rings. The monoisotopic (exact) mass is 344 g/mol. The van der Waals surface area contributed by atoms with E-state index in [1.807, 2.05) is 0 Å². The molecular weight excluding hydrogens is 328 g/mol.